The van der Waals surface area contributed by atoms with Gasteiger partial charge in [0.1, 0.15) is 0 Å². The molecule has 2 rings (SSSR count). The molecule has 0 aromatic carbocycles. The Morgan fingerprint density at radius 1 is 1.39 bits per heavy atom. The number of sulfonamides is 2. The van der Waals surface area contributed by atoms with E-state index < -0.39 is 20.0 Å². The minimum atomic E-state index is -3.57. The van der Waals surface area contributed by atoms with Gasteiger partial charge in [-0.15, -0.1) is 0 Å². The van der Waals surface area contributed by atoms with E-state index in [-0.39, 0.29) is 24.1 Å². The molecule has 0 amide bonds. The van der Waals surface area contributed by atoms with E-state index >= 15 is 0 Å². The van der Waals surface area contributed by atoms with Crippen molar-refractivity contribution in [1.82, 2.24) is 19.3 Å². The van der Waals surface area contributed by atoms with Crippen molar-refractivity contribution in [3.05, 3.63) is 30.1 Å². The molecule has 0 spiro atoms. The highest BCUT2D eigenvalue weighted by atomic mass is 32.2. The molecule has 1 aliphatic rings. The molecule has 1 aromatic rings. The smallest absolute Gasteiger partial charge is 0.216 e. The van der Waals surface area contributed by atoms with Crippen LogP contribution in [0, 0.1) is 0 Å². The second kappa shape index (κ2) is 7.67. The van der Waals surface area contributed by atoms with E-state index in [1.165, 1.54) is 11.2 Å². The van der Waals surface area contributed by atoms with Crippen LogP contribution in [-0.2, 0) is 20.0 Å². The maximum atomic E-state index is 12.6. The van der Waals surface area contributed by atoms with Gasteiger partial charge in [0.2, 0.25) is 20.0 Å². The second-order valence-electron chi connectivity index (χ2n) is 5.23. The largest absolute Gasteiger partial charge is 0.313 e. The summed E-state index contributed by atoms with van der Waals surface area (Å²) in [5.41, 5.74) is 0.817. The fourth-order valence-corrected chi connectivity index (χ4v) is 4.72. The summed E-state index contributed by atoms with van der Waals surface area (Å²) >= 11 is 0. The summed E-state index contributed by atoms with van der Waals surface area (Å²) in [4.78, 5) is 4.04. The molecule has 1 unspecified atom stereocenters. The molecule has 1 atom stereocenters. The molecular weight excluding hydrogens is 340 g/mol. The third-order valence-corrected chi connectivity index (χ3v) is 6.96. The van der Waals surface area contributed by atoms with E-state index in [0.29, 0.717) is 19.6 Å². The molecule has 0 bridgehead atoms. The number of hydrogen-bond acceptors (Lipinski definition) is 6. The van der Waals surface area contributed by atoms with E-state index in [9.17, 15) is 16.8 Å². The van der Waals surface area contributed by atoms with Gasteiger partial charge in [0.15, 0.2) is 0 Å². The number of nitrogens with zero attached hydrogens (tertiary/aromatic N) is 2. The number of rotatable bonds is 7. The highest BCUT2D eigenvalue weighted by molar-refractivity contribution is 7.90. The number of piperazine rings is 1. The molecule has 10 heteroatoms. The summed E-state index contributed by atoms with van der Waals surface area (Å²) < 4.78 is 51.7. The Balaban J connectivity index is 2.10. The van der Waals surface area contributed by atoms with Gasteiger partial charge in [-0.1, -0.05) is 6.07 Å². The molecule has 2 heterocycles. The van der Waals surface area contributed by atoms with Crippen LogP contribution in [0.15, 0.2) is 24.5 Å². The Labute approximate surface area is 137 Å². The highest BCUT2D eigenvalue weighted by Crippen LogP contribution is 2.24. The van der Waals surface area contributed by atoms with Crippen LogP contribution in [0.25, 0.3) is 0 Å². The van der Waals surface area contributed by atoms with Gasteiger partial charge in [-0.25, -0.2) is 21.6 Å². The van der Waals surface area contributed by atoms with Crippen molar-refractivity contribution in [3.8, 4) is 0 Å². The summed E-state index contributed by atoms with van der Waals surface area (Å²) in [5, 5.41) is 3.18. The molecule has 8 nitrogen and oxygen atoms in total. The summed E-state index contributed by atoms with van der Waals surface area (Å²) in [6, 6.07) is 3.28. The van der Waals surface area contributed by atoms with E-state index in [4.69, 9.17) is 0 Å². The number of pyridine rings is 1. The van der Waals surface area contributed by atoms with E-state index in [0.717, 1.165) is 5.56 Å². The van der Waals surface area contributed by atoms with E-state index in [1.54, 1.807) is 18.5 Å². The Morgan fingerprint density at radius 2 is 2.17 bits per heavy atom. The minimum Gasteiger partial charge on any atom is -0.313 e. The van der Waals surface area contributed by atoms with Crippen LogP contribution in [0.5, 0.6) is 0 Å². The predicted octanol–water partition coefficient (Wildman–Crippen LogP) is -0.703. The predicted molar refractivity (Wildman–Crippen MR) is 87.8 cm³/mol. The Kier molecular flexibility index (Phi) is 6.09. The van der Waals surface area contributed by atoms with Crippen molar-refractivity contribution in [2.45, 2.75) is 13.0 Å². The Morgan fingerprint density at radius 3 is 2.83 bits per heavy atom. The van der Waals surface area contributed by atoms with Crippen molar-refractivity contribution >= 4 is 20.0 Å². The molecule has 1 aliphatic heterocycles. The van der Waals surface area contributed by atoms with Gasteiger partial charge >= 0.3 is 0 Å². The number of nitrogens with one attached hydrogen (secondary N) is 2. The number of hydrogen-bond donors (Lipinski definition) is 2. The SMILES string of the molecule is CCS(=O)(=O)NCCS(=O)(=O)N1CCNCC1c1cccnc1. The van der Waals surface area contributed by atoms with E-state index in [2.05, 4.69) is 15.0 Å². The molecule has 0 radical (unpaired) electrons. The lowest BCUT2D eigenvalue weighted by atomic mass is 10.1. The fourth-order valence-electron chi connectivity index (χ4n) is 2.42. The summed E-state index contributed by atoms with van der Waals surface area (Å²) in [6.45, 7) is 2.80. The van der Waals surface area contributed by atoms with Crippen molar-refractivity contribution in [3.63, 3.8) is 0 Å². The molecule has 1 fully saturated rings. The second-order valence-corrected chi connectivity index (χ2v) is 9.37. The van der Waals surface area contributed by atoms with Gasteiger partial charge in [-0.2, -0.15) is 4.31 Å². The zero-order valence-corrected chi connectivity index (χ0v) is 14.6. The standard InChI is InChI=1S/C13H22N4O4S2/c1-2-22(18,19)16-7-9-23(20,21)17-8-6-15-11-13(17)12-4-3-5-14-10-12/h3-5,10,13,15-16H,2,6-9,11H2,1H3. The fraction of sp³-hybridized carbons (Fsp3) is 0.615. The highest BCUT2D eigenvalue weighted by Gasteiger charge is 2.33. The maximum Gasteiger partial charge on any atom is 0.216 e. The minimum absolute atomic E-state index is 0.0704. The molecule has 1 aromatic heterocycles. The molecular formula is C13H22N4O4S2. The van der Waals surface area contributed by atoms with Crippen molar-refractivity contribution in [2.24, 2.45) is 0 Å². The summed E-state index contributed by atoms with van der Waals surface area (Å²) in [7, 11) is -6.97. The lowest BCUT2D eigenvalue weighted by Gasteiger charge is -2.35. The maximum absolute atomic E-state index is 12.6. The average Bonchev–Trinajstić information content (AvgIpc) is 2.55. The van der Waals surface area contributed by atoms with E-state index in [1.807, 2.05) is 6.07 Å². The first-order valence-electron chi connectivity index (χ1n) is 7.43. The summed E-state index contributed by atoms with van der Waals surface area (Å²) in [5.74, 6) is -0.331. The first-order valence-corrected chi connectivity index (χ1v) is 10.7. The first kappa shape index (κ1) is 18.3. The van der Waals surface area contributed by atoms with Crippen molar-refractivity contribution in [2.75, 3.05) is 37.7 Å². The lowest BCUT2D eigenvalue weighted by Crippen LogP contribution is -2.50. The van der Waals surface area contributed by atoms with Crippen molar-refractivity contribution in [1.29, 1.82) is 0 Å². The Hall–Kier alpha value is -1.07. The van der Waals surface area contributed by atoms with Gasteiger partial charge in [0.05, 0.1) is 17.5 Å². The van der Waals surface area contributed by atoms with Gasteiger partial charge in [-0.05, 0) is 18.6 Å². The first-order chi connectivity index (χ1) is 10.9. The number of aromatic nitrogens is 1. The van der Waals surface area contributed by atoms with Crippen LogP contribution in [0.3, 0.4) is 0 Å². The van der Waals surface area contributed by atoms with Gasteiger partial charge in [-0.3, -0.25) is 4.98 Å². The molecule has 1 saturated heterocycles. The van der Waals surface area contributed by atoms with Crippen LogP contribution in [0.4, 0.5) is 0 Å². The lowest BCUT2D eigenvalue weighted by molar-refractivity contribution is 0.271. The topological polar surface area (TPSA) is 108 Å². The van der Waals surface area contributed by atoms with Gasteiger partial charge in [0.25, 0.3) is 0 Å². The third kappa shape index (κ3) is 4.95. The molecule has 23 heavy (non-hydrogen) atoms. The third-order valence-electron chi connectivity index (χ3n) is 3.68. The van der Waals surface area contributed by atoms with Crippen LogP contribution < -0.4 is 10.0 Å². The van der Waals surface area contributed by atoms with Gasteiger partial charge < -0.3 is 5.32 Å². The Bertz CT molecular complexity index is 707. The molecule has 0 saturated carbocycles. The molecule has 130 valence electrons. The summed E-state index contributed by atoms with van der Waals surface area (Å²) in [6.07, 6.45) is 3.29. The zero-order valence-electron chi connectivity index (χ0n) is 13.0. The van der Waals surface area contributed by atoms with Crippen LogP contribution in [0.1, 0.15) is 18.5 Å². The van der Waals surface area contributed by atoms with Gasteiger partial charge in [0, 0.05) is 38.6 Å². The molecule has 2 N–H and O–H groups in total. The molecule has 0 aliphatic carbocycles. The average molecular weight is 362 g/mol. The van der Waals surface area contributed by atoms with Crippen molar-refractivity contribution < 1.29 is 16.8 Å². The van der Waals surface area contributed by atoms with Crippen LogP contribution >= 0.6 is 0 Å². The zero-order chi connectivity index (χ0) is 16.9. The normalized spacial score (nSPS) is 20.5. The van der Waals surface area contributed by atoms with Crippen LogP contribution in [0.2, 0.25) is 0 Å². The quantitative estimate of drug-likeness (QED) is 0.664. The van der Waals surface area contributed by atoms with Crippen LogP contribution in [-0.4, -0.2) is 63.8 Å². The monoisotopic (exact) mass is 362 g/mol.